The summed E-state index contributed by atoms with van der Waals surface area (Å²) in [5.41, 5.74) is 0.827. The normalized spacial score (nSPS) is 15.1. The number of halogens is 4. The van der Waals surface area contributed by atoms with Crippen molar-refractivity contribution in [1.82, 2.24) is 19.6 Å². The zero-order valence-electron chi connectivity index (χ0n) is 33.5. The van der Waals surface area contributed by atoms with E-state index < -0.39 is 50.3 Å². The predicted molar refractivity (Wildman–Crippen MR) is 236 cm³/mol. The maximum Gasteiger partial charge on any atom is 0.418 e. The number of pyridine rings is 1. The smallest absolute Gasteiger partial charge is 0.381 e. The van der Waals surface area contributed by atoms with Gasteiger partial charge in [0.1, 0.15) is 17.3 Å². The average molecular weight is 920 g/mol. The van der Waals surface area contributed by atoms with Crippen LogP contribution >= 0.6 is 23.1 Å². The van der Waals surface area contributed by atoms with Gasteiger partial charge in [0.15, 0.2) is 5.13 Å². The molecule has 1 saturated heterocycles. The number of anilines is 3. The van der Waals surface area contributed by atoms with Gasteiger partial charge in [-0.15, -0.1) is 11.8 Å². The first-order valence-corrected chi connectivity index (χ1v) is 23.3. The summed E-state index contributed by atoms with van der Waals surface area (Å²) in [6.07, 6.45) is -3.88. The molecule has 0 aliphatic carbocycles. The second-order valence-electron chi connectivity index (χ2n) is 14.9. The van der Waals surface area contributed by atoms with Crippen molar-refractivity contribution in [2.75, 3.05) is 60.7 Å². The summed E-state index contributed by atoms with van der Waals surface area (Å²) < 4.78 is 92.7. The Morgan fingerprint density at radius 2 is 1.68 bits per heavy atom. The number of amides is 2. The van der Waals surface area contributed by atoms with E-state index in [-0.39, 0.29) is 17.9 Å². The van der Waals surface area contributed by atoms with Crippen molar-refractivity contribution in [2.45, 2.75) is 41.4 Å². The molecule has 0 bridgehead atoms. The van der Waals surface area contributed by atoms with Crippen LogP contribution in [0, 0.1) is 5.82 Å². The molecule has 2 amide bonds. The highest BCUT2D eigenvalue weighted by Crippen LogP contribution is 2.37. The van der Waals surface area contributed by atoms with E-state index in [1.807, 2.05) is 46.0 Å². The molecule has 6 aromatic rings. The lowest BCUT2D eigenvalue weighted by molar-refractivity contribution is -0.137. The van der Waals surface area contributed by atoms with E-state index in [4.69, 9.17) is 4.74 Å². The second-order valence-corrected chi connectivity index (χ2v) is 18.7. The highest BCUT2D eigenvalue weighted by atomic mass is 32.2. The van der Waals surface area contributed by atoms with E-state index in [1.165, 1.54) is 42.1 Å². The van der Waals surface area contributed by atoms with Gasteiger partial charge in [0.25, 0.3) is 21.8 Å². The van der Waals surface area contributed by atoms with Crippen LogP contribution in [-0.2, 0) is 33.9 Å². The van der Waals surface area contributed by atoms with Gasteiger partial charge in [0.2, 0.25) is 0 Å². The first-order valence-electron chi connectivity index (χ1n) is 20.0. The minimum absolute atomic E-state index is 0.222. The average Bonchev–Trinajstić information content (AvgIpc) is 3.68. The largest absolute Gasteiger partial charge is 0.418 e. The van der Waals surface area contributed by atoms with Gasteiger partial charge in [-0.1, -0.05) is 47.7 Å². The second kappa shape index (κ2) is 19.0. The number of nitrogens with one attached hydrogen (secondary N) is 3. The van der Waals surface area contributed by atoms with Gasteiger partial charge in [-0.3, -0.25) is 19.8 Å². The molecule has 0 saturated carbocycles. The van der Waals surface area contributed by atoms with Gasteiger partial charge in [-0.25, -0.2) is 27.5 Å². The monoisotopic (exact) mass is 919 g/mol. The lowest BCUT2D eigenvalue weighted by Crippen LogP contribution is -2.39. The molecule has 1 atom stereocenters. The van der Waals surface area contributed by atoms with Crippen LogP contribution in [0.5, 0.6) is 0 Å². The highest BCUT2D eigenvalue weighted by Gasteiger charge is 2.36. The number of hydrogen-bond donors (Lipinski definition) is 3. The molecule has 12 nitrogen and oxygen atoms in total. The first-order chi connectivity index (χ1) is 30.3. The molecule has 19 heteroatoms. The molecule has 63 heavy (non-hydrogen) atoms. The van der Waals surface area contributed by atoms with E-state index >= 15 is 0 Å². The fourth-order valence-corrected chi connectivity index (χ4v) is 10.3. The Kier molecular flexibility index (Phi) is 13.3. The molecule has 4 heterocycles. The Hall–Kier alpha value is -5.60. The van der Waals surface area contributed by atoms with Gasteiger partial charge in [0.05, 0.1) is 33.9 Å². The number of carbonyl (C=O) groups is 2. The molecular weight excluding hydrogens is 879 g/mol. The molecule has 2 aliphatic heterocycles. The number of thioether (sulfide) groups is 1. The minimum atomic E-state index is -4.93. The molecule has 0 unspecified atom stereocenters. The van der Waals surface area contributed by atoms with Crippen molar-refractivity contribution in [2.24, 2.45) is 0 Å². The number of carbonyl (C=O) groups excluding carboxylic acids is 2. The number of morpholine rings is 1. The molecule has 1 fully saturated rings. The quantitative estimate of drug-likeness (QED) is 0.0721. The third-order valence-electron chi connectivity index (χ3n) is 10.7. The summed E-state index contributed by atoms with van der Waals surface area (Å²) in [4.78, 5) is 40.0. The van der Waals surface area contributed by atoms with E-state index in [9.17, 15) is 35.6 Å². The third-order valence-corrected chi connectivity index (χ3v) is 14.1. The number of fused-ring (bicyclic) bond motifs is 2. The van der Waals surface area contributed by atoms with Crippen LogP contribution < -0.4 is 20.3 Å². The lowest BCUT2D eigenvalue weighted by Gasteiger charge is -2.31. The van der Waals surface area contributed by atoms with Gasteiger partial charge in [-0.2, -0.15) is 13.2 Å². The molecule has 3 N–H and O–H groups in total. The lowest BCUT2D eigenvalue weighted by atomic mass is 9.94. The molecule has 4 aromatic carbocycles. The summed E-state index contributed by atoms with van der Waals surface area (Å²) in [5, 5.41) is 6.17. The SMILES string of the molecule is O=C(NS(=O)(=O)c1ccc(N[C@H](CCN2CCOCC2)CSc2ccccc2)c(C(F)(F)F)c1)c1cccc(N2CCc3cccc(C(=O)Nc4nc5ccc(F)cc5s4)c3C2)n1. The van der Waals surface area contributed by atoms with Crippen molar-refractivity contribution in [1.29, 1.82) is 0 Å². The maximum atomic E-state index is 14.7. The predicted octanol–water partition coefficient (Wildman–Crippen LogP) is 8.08. The highest BCUT2D eigenvalue weighted by molar-refractivity contribution is 7.99. The zero-order valence-corrected chi connectivity index (χ0v) is 36.0. The van der Waals surface area contributed by atoms with Gasteiger partial charge < -0.3 is 15.0 Å². The van der Waals surface area contributed by atoms with Crippen LogP contribution in [0.4, 0.5) is 34.2 Å². The van der Waals surface area contributed by atoms with Gasteiger partial charge in [-0.05, 0) is 90.7 Å². The van der Waals surface area contributed by atoms with Gasteiger partial charge in [0, 0.05) is 60.7 Å². The zero-order chi connectivity index (χ0) is 44.1. The van der Waals surface area contributed by atoms with Crippen LogP contribution in [0.2, 0.25) is 0 Å². The number of thiazole rings is 1. The Labute approximate surface area is 369 Å². The summed E-state index contributed by atoms with van der Waals surface area (Å²) >= 11 is 2.65. The maximum absolute atomic E-state index is 14.7. The number of aromatic nitrogens is 2. The molecule has 8 rings (SSSR count). The number of ether oxygens (including phenoxy) is 1. The number of benzene rings is 4. The topological polar surface area (TPSA) is 146 Å². The van der Waals surface area contributed by atoms with E-state index in [1.54, 1.807) is 18.2 Å². The Morgan fingerprint density at radius 3 is 2.48 bits per heavy atom. The van der Waals surface area contributed by atoms with E-state index in [0.29, 0.717) is 83.3 Å². The van der Waals surface area contributed by atoms with Crippen molar-refractivity contribution >= 4 is 71.8 Å². The standard InChI is InChI=1S/C44H41F4N7O5S3/c45-29-12-14-37-39(24-29)62-43(51-37)52-41(56)33-9-4-6-28-16-19-55(26-34(28)33)40-11-5-10-38(50-40)42(57)53-63(58,59)32-13-15-36(35(25-32)44(46,47)48)49-30(17-18-54-20-22-60-23-21-54)27-61-31-7-2-1-3-8-31/h1-15,24-25,30,49H,16-23,26-27H2,(H,53,57)(H,51,52,56)/t30-/m1/s1. The van der Waals surface area contributed by atoms with E-state index in [0.717, 1.165) is 47.0 Å². The van der Waals surface area contributed by atoms with Crippen LogP contribution in [0.3, 0.4) is 0 Å². The molecule has 2 aromatic heterocycles. The van der Waals surface area contributed by atoms with Crippen molar-refractivity contribution in [3.05, 3.63) is 137 Å². The summed E-state index contributed by atoms with van der Waals surface area (Å²) in [5.74, 6) is -1.20. The molecule has 2 aliphatic rings. The summed E-state index contributed by atoms with van der Waals surface area (Å²) in [6.45, 7) is 3.91. The number of hydrogen-bond acceptors (Lipinski definition) is 12. The van der Waals surface area contributed by atoms with Crippen LogP contribution in [-0.4, -0.2) is 86.3 Å². The molecular formula is C44H41F4N7O5S3. The third kappa shape index (κ3) is 10.8. The fourth-order valence-electron chi connectivity index (χ4n) is 7.41. The number of rotatable bonds is 14. The van der Waals surface area contributed by atoms with Crippen LogP contribution in [0.1, 0.15) is 44.0 Å². The number of alkyl halides is 3. The van der Waals surface area contributed by atoms with Crippen molar-refractivity contribution < 1.29 is 40.3 Å². The van der Waals surface area contributed by atoms with Crippen LogP contribution in [0.15, 0.2) is 113 Å². The number of nitrogens with zero attached hydrogens (tertiary/aromatic N) is 4. The van der Waals surface area contributed by atoms with Crippen LogP contribution in [0.25, 0.3) is 10.2 Å². The Bertz CT molecular complexity index is 2730. The molecule has 0 spiro atoms. The van der Waals surface area contributed by atoms with E-state index in [2.05, 4.69) is 25.5 Å². The van der Waals surface area contributed by atoms with Crippen molar-refractivity contribution in [3.63, 3.8) is 0 Å². The Morgan fingerprint density at radius 1 is 0.889 bits per heavy atom. The number of sulfonamides is 1. The van der Waals surface area contributed by atoms with Gasteiger partial charge >= 0.3 is 6.18 Å². The fraction of sp³-hybridized carbons (Fsp3) is 0.273. The molecule has 328 valence electrons. The molecule has 0 radical (unpaired) electrons. The Balaban J connectivity index is 0.962. The summed E-state index contributed by atoms with van der Waals surface area (Å²) in [7, 11) is -4.81. The first kappa shape index (κ1) is 44.0. The summed E-state index contributed by atoms with van der Waals surface area (Å²) in [6, 6.07) is 25.7. The minimum Gasteiger partial charge on any atom is -0.381 e. The van der Waals surface area contributed by atoms with Crippen molar-refractivity contribution in [3.8, 4) is 0 Å².